The molecule has 4 rings (SSSR count). The summed E-state index contributed by atoms with van der Waals surface area (Å²) in [6, 6.07) is 9.36. The van der Waals surface area contributed by atoms with Crippen molar-refractivity contribution in [2.24, 2.45) is 0 Å². The molecule has 0 spiro atoms. The van der Waals surface area contributed by atoms with Crippen LogP contribution in [0.15, 0.2) is 54.9 Å². The summed E-state index contributed by atoms with van der Waals surface area (Å²) in [5.41, 5.74) is 0.910. The summed E-state index contributed by atoms with van der Waals surface area (Å²) < 4.78 is 43.1. The van der Waals surface area contributed by atoms with Crippen LogP contribution in [-0.4, -0.2) is 53.6 Å². The molecule has 1 aliphatic rings. The molecule has 3 heterocycles. The van der Waals surface area contributed by atoms with Crippen LogP contribution in [0.25, 0.3) is 0 Å². The number of carbonyl (C=O) groups is 1. The van der Waals surface area contributed by atoms with Crippen LogP contribution < -0.4 is 14.8 Å². The minimum absolute atomic E-state index is 0.123. The number of rotatable bonds is 7. The third-order valence-electron chi connectivity index (χ3n) is 5.47. The molecule has 2 atom stereocenters. The molecular weight excluding hydrogens is 446 g/mol. The zero-order chi connectivity index (χ0) is 24.1. The fourth-order valence-electron chi connectivity index (χ4n) is 3.52. The van der Waals surface area contributed by atoms with Crippen LogP contribution in [0.1, 0.15) is 18.6 Å². The molecule has 1 saturated heterocycles. The van der Waals surface area contributed by atoms with E-state index in [-0.39, 0.29) is 23.5 Å². The van der Waals surface area contributed by atoms with E-state index in [0.29, 0.717) is 31.4 Å². The average Bonchev–Trinajstić information content (AvgIpc) is 2.86. The van der Waals surface area contributed by atoms with Crippen LogP contribution in [0, 0.1) is 11.6 Å². The quantitative estimate of drug-likeness (QED) is 0.560. The van der Waals surface area contributed by atoms with E-state index in [4.69, 9.17) is 14.2 Å². The molecule has 34 heavy (non-hydrogen) atoms. The molecule has 0 radical (unpaired) electrons. The van der Waals surface area contributed by atoms with E-state index in [0.717, 1.165) is 17.7 Å². The van der Waals surface area contributed by atoms with Crippen LogP contribution in [0.4, 0.5) is 14.6 Å². The summed E-state index contributed by atoms with van der Waals surface area (Å²) in [6.07, 6.45) is 2.86. The number of benzene rings is 1. The number of halogens is 2. The topological polar surface area (TPSA) is 85.8 Å². The standard InChI is InChI=1S/C24H24F2N4O4/c1-15(30-9-10-33-21(14-30)16-3-8-23(32-2)28-12-16)24(31)29-22-7-5-18(13-27-22)34-20-6-4-17(25)11-19(20)26/h3-8,11-13,15,21H,9-10,14H2,1-2H3,(H,27,29,31). The molecule has 2 aromatic heterocycles. The molecule has 0 aliphatic carbocycles. The van der Waals surface area contributed by atoms with Crippen LogP contribution in [0.5, 0.6) is 17.4 Å². The highest BCUT2D eigenvalue weighted by atomic mass is 19.1. The van der Waals surface area contributed by atoms with Gasteiger partial charge in [0.1, 0.15) is 17.4 Å². The highest BCUT2D eigenvalue weighted by Gasteiger charge is 2.29. The predicted molar refractivity (Wildman–Crippen MR) is 120 cm³/mol. The van der Waals surface area contributed by atoms with Crippen LogP contribution in [-0.2, 0) is 9.53 Å². The Morgan fingerprint density at radius 3 is 2.71 bits per heavy atom. The summed E-state index contributed by atoms with van der Waals surface area (Å²) in [7, 11) is 1.56. The van der Waals surface area contributed by atoms with E-state index >= 15 is 0 Å². The maximum absolute atomic E-state index is 13.8. The van der Waals surface area contributed by atoms with Gasteiger partial charge in [-0.1, -0.05) is 0 Å². The Kier molecular flexibility index (Phi) is 7.29. The Hall–Kier alpha value is -3.63. The number of aromatic nitrogens is 2. The van der Waals surface area contributed by atoms with Gasteiger partial charge in [-0.2, -0.15) is 0 Å². The number of anilines is 1. The van der Waals surface area contributed by atoms with E-state index < -0.39 is 17.7 Å². The smallest absolute Gasteiger partial charge is 0.242 e. The van der Waals surface area contributed by atoms with Crippen LogP contribution in [0.2, 0.25) is 0 Å². The molecule has 0 saturated carbocycles. The molecule has 178 valence electrons. The number of hydrogen-bond acceptors (Lipinski definition) is 7. The summed E-state index contributed by atoms with van der Waals surface area (Å²) >= 11 is 0. The van der Waals surface area contributed by atoms with Gasteiger partial charge in [0.25, 0.3) is 0 Å². The lowest BCUT2D eigenvalue weighted by Gasteiger charge is -2.36. The lowest BCUT2D eigenvalue weighted by atomic mass is 10.1. The zero-order valence-corrected chi connectivity index (χ0v) is 18.7. The number of nitrogens with one attached hydrogen (secondary N) is 1. The van der Waals surface area contributed by atoms with Gasteiger partial charge < -0.3 is 19.5 Å². The number of morpholine rings is 1. The van der Waals surface area contributed by atoms with Gasteiger partial charge in [0.2, 0.25) is 11.8 Å². The second-order valence-corrected chi connectivity index (χ2v) is 7.71. The van der Waals surface area contributed by atoms with E-state index in [1.165, 1.54) is 18.3 Å². The van der Waals surface area contributed by atoms with Gasteiger partial charge in [-0.25, -0.2) is 18.7 Å². The lowest BCUT2D eigenvalue weighted by molar-refractivity contribution is -0.124. The van der Waals surface area contributed by atoms with Crippen molar-refractivity contribution in [2.45, 2.75) is 19.1 Å². The summed E-state index contributed by atoms with van der Waals surface area (Å²) in [6.45, 7) is 3.45. The van der Waals surface area contributed by atoms with Gasteiger partial charge in [-0.15, -0.1) is 0 Å². The Bertz CT molecular complexity index is 1130. The number of hydrogen-bond donors (Lipinski definition) is 1. The molecule has 1 aliphatic heterocycles. The summed E-state index contributed by atoms with van der Waals surface area (Å²) in [4.78, 5) is 23.2. The van der Waals surface area contributed by atoms with Gasteiger partial charge >= 0.3 is 0 Å². The van der Waals surface area contributed by atoms with E-state index in [1.54, 1.807) is 25.4 Å². The van der Waals surface area contributed by atoms with Crippen LogP contribution >= 0.6 is 0 Å². The largest absolute Gasteiger partial charge is 0.481 e. The number of pyridine rings is 2. The van der Waals surface area contributed by atoms with Crippen molar-refractivity contribution in [2.75, 3.05) is 32.1 Å². The number of methoxy groups -OCH3 is 1. The normalized spacial score (nSPS) is 17.1. The van der Waals surface area contributed by atoms with Gasteiger partial charge in [0.15, 0.2) is 11.6 Å². The Balaban J connectivity index is 1.34. The number of nitrogens with zero attached hydrogens (tertiary/aromatic N) is 3. The number of amides is 1. The fourth-order valence-corrected chi connectivity index (χ4v) is 3.52. The summed E-state index contributed by atoms with van der Waals surface area (Å²) in [5, 5.41) is 2.78. The van der Waals surface area contributed by atoms with Crippen molar-refractivity contribution < 1.29 is 27.8 Å². The second kappa shape index (κ2) is 10.5. The van der Waals surface area contributed by atoms with Crippen molar-refractivity contribution in [1.29, 1.82) is 0 Å². The Labute approximate surface area is 195 Å². The van der Waals surface area contributed by atoms with Crippen molar-refractivity contribution in [3.63, 3.8) is 0 Å². The van der Waals surface area contributed by atoms with Crippen molar-refractivity contribution in [3.05, 3.63) is 72.1 Å². The molecule has 3 aromatic rings. The third kappa shape index (κ3) is 5.64. The second-order valence-electron chi connectivity index (χ2n) is 7.71. The predicted octanol–water partition coefficient (Wildman–Crippen LogP) is 3.96. The minimum Gasteiger partial charge on any atom is -0.481 e. The summed E-state index contributed by atoms with van der Waals surface area (Å²) in [5.74, 6) is -0.755. The first kappa shape index (κ1) is 23.5. The molecule has 10 heteroatoms. The van der Waals surface area contributed by atoms with E-state index in [1.807, 2.05) is 17.9 Å². The molecular formula is C24H24F2N4O4. The number of ether oxygens (including phenoxy) is 3. The van der Waals surface area contributed by atoms with Gasteiger partial charge in [-0.05, 0) is 37.3 Å². The highest BCUT2D eigenvalue weighted by Crippen LogP contribution is 2.26. The minimum atomic E-state index is -0.819. The Morgan fingerprint density at radius 2 is 2.03 bits per heavy atom. The third-order valence-corrected chi connectivity index (χ3v) is 5.47. The first-order chi connectivity index (χ1) is 16.4. The molecule has 1 N–H and O–H groups in total. The Morgan fingerprint density at radius 1 is 1.18 bits per heavy atom. The first-order valence-corrected chi connectivity index (χ1v) is 10.7. The zero-order valence-electron chi connectivity index (χ0n) is 18.7. The molecule has 0 bridgehead atoms. The van der Waals surface area contributed by atoms with Gasteiger partial charge in [0, 0.05) is 37.0 Å². The number of carbonyl (C=O) groups excluding carboxylic acids is 1. The average molecular weight is 470 g/mol. The van der Waals surface area contributed by atoms with Crippen molar-refractivity contribution >= 4 is 11.7 Å². The highest BCUT2D eigenvalue weighted by molar-refractivity contribution is 5.93. The van der Waals surface area contributed by atoms with Gasteiger partial charge in [-0.3, -0.25) is 9.69 Å². The van der Waals surface area contributed by atoms with Crippen molar-refractivity contribution in [1.82, 2.24) is 14.9 Å². The molecule has 1 aromatic carbocycles. The molecule has 2 unspecified atom stereocenters. The van der Waals surface area contributed by atoms with Crippen molar-refractivity contribution in [3.8, 4) is 17.4 Å². The molecule has 8 nitrogen and oxygen atoms in total. The first-order valence-electron chi connectivity index (χ1n) is 10.7. The van der Waals surface area contributed by atoms with E-state index in [9.17, 15) is 13.6 Å². The van der Waals surface area contributed by atoms with E-state index in [2.05, 4.69) is 15.3 Å². The monoisotopic (exact) mass is 470 g/mol. The SMILES string of the molecule is COc1ccc(C2CN(C(C)C(=O)Nc3ccc(Oc4ccc(F)cc4F)cn3)CCO2)cn1. The maximum Gasteiger partial charge on any atom is 0.242 e. The molecule has 1 amide bonds. The van der Waals surface area contributed by atoms with Crippen LogP contribution in [0.3, 0.4) is 0 Å². The fraction of sp³-hybridized carbons (Fsp3) is 0.292. The lowest BCUT2D eigenvalue weighted by Crippen LogP contribution is -2.48. The van der Waals surface area contributed by atoms with Gasteiger partial charge in [0.05, 0.1) is 32.1 Å². The molecule has 1 fully saturated rings. The maximum atomic E-state index is 13.8.